The van der Waals surface area contributed by atoms with Gasteiger partial charge in [0.05, 0.1) is 5.69 Å². The van der Waals surface area contributed by atoms with E-state index in [9.17, 15) is 4.39 Å². The van der Waals surface area contributed by atoms with E-state index >= 15 is 0 Å². The standard InChI is InChI=1S/C26H25FN2O/c27-21-10-13-24-23(18-21)25(19-6-2-1-3-7-19)26(28-24)20-8-11-22(12-9-20)30-17-16-29-14-4-5-15-29/h1-3,6-13,18,28H,4-5,14-17H2. The van der Waals surface area contributed by atoms with Crippen molar-refractivity contribution in [2.24, 2.45) is 0 Å². The minimum absolute atomic E-state index is 0.230. The fourth-order valence-electron chi connectivity index (χ4n) is 4.30. The van der Waals surface area contributed by atoms with E-state index in [1.807, 2.05) is 30.3 Å². The number of aromatic amines is 1. The van der Waals surface area contributed by atoms with Gasteiger partial charge < -0.3 is 9.72 Å². The summed E-state index contributed by atoms with van der Waals surface area (Å²) in [6.07, 6.45) is 2.60. The van der Waals surface area contributed by atoms with E-state index in [1.54, 1.807) is 12.1 Å². The molecule has 3 aromatic carbocycles. The summed E-state index contributed by atoms with van der Waals surface area (Å²) in [5.74, 6) is 0.647. The molecule has 3 nitrogen and oxygen atoms in total. The van der Waals surface area contributed by atoms with Crippen LogP contribution in [0, 0.1) is 5.82 Å². The number of fused-ring (bicyclic) bond motifs is 1. The Labute approximate surface area is 176 Å². The van der Waals surface area contributed by atoms with Gasteiger partial charge >= 0.3 is 0 Å². The number of rotatable bonds is 6. The lowest BCUT2D eigenvalue weighted by molar-refractivity contribution is 0.238. The number of nitrogens with zero attached hydrogens (tertiary/aromatic N) is 1. The third-order valence-electron chi connectivity index (χ3n) is 5.84. The summed E-state index contributed by atoms with van der Waals surface area (Å²) in [5.41, 5.74) is 5.06. The molecule has 2 heterocycles. The second-order valence-corrected chi connectivity index (χ2v) is 7.85. The van der Waals surface area contributed by atoms with Crippen molar-refractivity contribution in [3.63, 3.8) is 0 Å². The summed E-state index contributed by atoms with van der Waals surface area (Å²) in [6.45, 7) is 4.06. The minimum atomic E-state index is -0.230. The van der Waals surface area contributed by atoms with Gasteiger partial charge in [0, 0.05) is 23.0 Å². The highest BCUT2D eigenvalue weighted by Crippen LogP contribution is 2.38. The molecule has 4 aromatic rings. The van der Waals surface area contributed by atoms with Gasteiger partial charge in [0.15, 0.2) is 0 Å². The first-order chi connectivity index (χ1) is 14.8. The molecule has 1 aliphatic rings. The van der Waals surface area contributed by atoms with Crippen LogP contribution in [0.25, 0.3) is 33.3 Å². The lowest BCUT2D eigenvalue weighted by Gasteiger charge is -2.15. The summed E-state index contributed by atoms with van der Waals surface area (Å²) in [7, 11) is 0. The van der Waals surface area contributed by atoms with Crippen molar-refractivity contribution >= 4 is 10.9 Å². The van der Waals surface area contributed by atoms with Crippen LogP contribution in [0.15, 0.2) is 72.8 Å². The lowest BCUT2D eigenvalue weighted by Crippen LogP contribution is -2.25. The largest absolute Gasteiger partial charge is 0.492 e. The highest BCUT2D eigenvalue weighted by Gasteiger charge is 2.16. The monoisotopic (exact) mass is 400 g/mol. The summed E-state index contributed by atoms with van der Waals surface area (Å²) in [5, 5.41) is 0.891. The fraction of sp³-hybridized carbons (Fsp3) is 0.231. The fourth-order valence-corrected chi connectivity index (χ4v) is 4.30. The van der Waals surface area contributed by atoms with Crippen LogP contribution in [-0.4, -0.2) is 36.1 Å². The molecule has 152 valence electrons. The van der Waals surface area contributed by atoms with Gasteiger partial charge in [0.25, 0.3) is 0 Å². The summed E-state index contributed by atoms with van der Waals surface area (Å²) < 4.78 is 19.9. The molecular weight excluding hydrogens is 375 g/mol. The number of ether oxygens (including phenoxy) is 1. The first-order valence-corrected chi connectivity index (χ1v) is 10.6. The highest BCUT2D eigenvalue weighted by atomic mass is 19.1. The second kappa shape index (κ2) is 8.33. The van der Waals surface area contributed by atoms with Crippen LogP contribution in [0.1, 0.15) is 12.8 Å². The van der Waals surface area contributed by atoms with Crippen LogP contribution >= 0.6 is 0 Å². The Hall–Kier alpha value is -3.11. The van der Waals surface area contributed by atoms with Gasteiger partial charge in [0.2, 0.25) is 0 Å². The van der Waals surface area contributed by atoms with Crippen molar-refractivity contribution < 1.29 is 9.13 Å². The van der Waals surface area contributed by atoms with Gasteiger partial charge in [-0.2, -0.15) is 0 Å². The molecule has 4 heteroatoms. The number of likely N-dealkylation sites (tertiary alicyclic amines) is 1. The van der Waals surface area contributed by atoms with Gasteiger partial charge in [-0.3, -0.25) is 4.90 Å². The van der Waals surface area contributed by atoms with Crippen molar-refractivity contribution in [1.29, 1.82) is 0 Å². The summed E-state index contributed by atoms with van der Waals surface area (Å²) in [6, 6.07) is 23.2. The van der Waals surface area contributed by atoms with Gasteiger partial charge in [-0.15, -0.1) is 0 Å². The molecule has 0 spiro atoms. The second-order valence-electron chi connectivity index (χ2n) is 7.85. The molecule has 5 rings (SSSR count). The Morgan fingerprint density at radius 1 is 0.867 bits per heavy atom. The van der Waals surface area contributed by atoms with E-state index in [0.29, 0.717) is 6.61 Å². The Bertz CT molecular complexity index is 1130. The van der Waals surface area contributed by atoms with E-state index in [4.69, 9.17) is 4.74 Å². The molecule has 1 aliphatic heterocycles. The normalized spacial score (nSPS) is 14.4. The Kier molecular flexibility index (Phi) is 5.24. The average Bonchev–Trinajstić information content (AvgIpc) is 3.42. The molecule has 30 heavy (non-hydrogen) atoms. The Balaban J connectivity index is 1.44. The van der Waals surface area contributed by atoms with Crippen LogP contribution < -0.4 is 4.74 Å². The van der Waals surface area contributed by atoms with Gasteiger partial charge in [0.1, 0.15) is 18.2 Å². The first-order valence-electron chi connectivity index (χ1n) is 10.6. The zero-order chi connectivity index (χ0) is 20.3. The molecular formula is C26H25FN2O. The van der Waals surface area contributed by atoms with Gasteiger partial charge in [-0.1, -0.05) is 30.3 Å². The topological polar surface area (TPSA) is 28.3 Å². The van der Waals surface area contributed by atoms with Crippen LogP contribution in [0.4, 0.5) is 4.39 Å². The molecule has 0 saturated carbocycles. The van der Waals surface area contributed by atoms with E-state index in [0.717, 1.165) is 45.6 Å². The number of nitrogens with one attached hydrogen (secondary N) is 1. The SMILES string of the molecule is Fc1ccc2[nH]c(-c3ccc(OCCN4CCCC4)cc3)c(-c3ccccc3)c2c1. The predicted molar refractivity (Wildman–Crippen MR) is 120 cm³/mol. The third-order valence-corrected chi connectivity index (χ3v) is 5.84. The van der Waals surface area contributed by atoms with Gasteiger partial charge in [-0.25, -0.2) is 4.39 Å². The molecule has 1 saturated heterocycles. The number of halogens is 1. The van der Waals surface area contributed by atoms with Gasteiger partial charge in [-0.05, 0) is 79.5 Å². The first kappa shape index (κ1) is 18.9. The maximum Gasteiger partial charge on any atom is 0.123 e. The molecule has 0 radical (unpaired) electrons. The average molecular weight is 400 g/mol. The Morgan fingerprint density at radius 3 is 2.40 bits per heavy atom. The smallest absolute Gasteiger partial charge is 0.123 e. The zero-order valence-electron chi connectivity index (χ0n) is 16.9. The van der Waals surface area contributed by atoms with Crippen LogP contribution in [0.5, 0.6) is 5.75 Å². The molecule has 1 fully saturated rings. The molecule has 0 unspecified atom stereocenters. The Morgan fingerprint density at radius 2 is 1.63 bits per heavy atom. The quantitative estimate of drug-likeness (QED) is 0.423. The molecule has 1 aromatic heterocycles. The van der Waals surface area contributed by atoms with Crippen molar-refractivity contribution in [2.45, 2.75) is 12.8 Å². The minimum Gasteiger partial charge on any atom is -0.492 e. The number of aromatic nitrogens is 1. The van der Waals surface area contributed by atoms with Crippen molar-refractivity contribution in [3.8, 4) is 28.1 Å². The van der Waals surface area contributed by atoms with Crippen LogP contribution in [-0.2, 0) is 0 Å². The summed E-state index contributed by atoms with van der Waals surface area (Å²) in [4.78, 5) is 5.94. The molecule has 0 bridgehead atoms. The molecule has 0 atom stereocenters. The van der Waals surface area contributed by atoms with E-state index in [1.165, 1.54) is 32.0 Å². The number of hydrogen-bond donors (Lipinski definition) is 1. The van der Waals surface area contributed by atoms with Crippen LogP contribution in [0.3, 0.4) is 0 Å². The van der Waals surface area contributed by atoms with E-state index in [2.05, 4.69) is 34.1 Å². The molecule has 0 amide bonds. The molecule has 1 N–H and O–H groups in total. The highest BCUT2D eigenvalue weighted by molar-refractivity contribution is 6.03. The number of H-pyrrole nitrogens is 1. The zero-order valence-corrected chi connectivity index (χ0v) is 16.9. The third kappa shape index (κ3) is 3.83. The molecule has 0 aliphatic carbocycles. The van der Waals surface area contributed by atoms with E-state index in [-0.39, 0.29) is 5.82 Å². The number of benzene rings is 3. The van der Waals surface area contributed by atoms with Crippen molar-refractivity contribution in [2.75, 3.05) is 26.2 Å². The van der Waals surface area contributed by atoms with E-state index < -0.39 is 0 Å². The summed E-state index contributed by atoms with van der Waals surface area (Å²) >= 11 is 0. The lowest BCUT2D eigenvalue weighted by atomic mass is 9.98. The maximum absolute atomic E-state index is 14.0. The predicted octanol–water partition coefficient (Wildman–Crippen LogP) is 6.12. The van der Waals surface area contributed by atoms with Crippen molar-refractivity contribution in [3.05, 3.63) is 78.6 Å². The maximum atomic E-state index is 14.0. The van der Waals surface area contributed by atoms with Crippen molar-refractivity contribution in [1.82, 2.24) is 9.88 Å². The number of hydrogen-bond acceptors (Lipinski definition) is 2. The van der Waals surface area contributed by atoms with Crippen LogP contribution in [0.2, 0.25) is 0 Å².